The van der Waals surface area contributed by atoms with Gasteiger partial charge in [-0.05, 0) is 122 Å². The maximum Gasteiger partial charge on any atom is 0.225 e. The Morgan fingerprint density at radius 3 is 2.37 bits per heavy atom. The van der Waals surface area contributed by atoms with Crippen LogP contribution in [0.3, 0.4) is 0 Å². The Bertz CT molecular complexity index is 1820. The highest BCUT2D eigenvalue weighted by Crippen LogP contribution is 2.44. The molecule has 2 aromatic carbocycles. The molecule has 8 nitrogen and oxygen atoms in total. The fraction of sp³-hybridized carbons (Fsp3) is 0.417. The van der Waals surface area contributed by atoms with Crippen LogP contribution in [-0.2, 0) is 27.5 Å². The predicted molar refractivity (Wildman–Crippen MR) is 182 cm³/mol. The third-order valence-electron chi connectivity index (χ3n) is 9.42. The Kier molecular flexibility index (Phi) is 9.01. The Morgan fingerprint density at radius 1 is 0.978 bits per heavy atom. The van der Waals surface area contributed by atoms with Gasteiger partial charge < -0.3 is 15.5 Å². The third-order valence-corrected chi connectivity index (χ3v) is 10.5. The van der Waals surface area contributed by atoms with Crippen LogP contribution in [0.15, 0.2) is 52.9 Å². The number of hydrogen-bond donors (Lipinski definition) is 2. The van der Waals surface area contributed by atoms with Crippen molar-refractivity contribution >= 4 is 44.7 Å². The summed E-state index contributed by atoms with van der Waals surface area (Å²) in [4.78, 5) is 25.4. The summed E-state index contributed by atoms with van der Waals surface area (Å²) in [5.41, 5.74) is 7.47. The van der Waals surface area contributed by atoms with E-state index < -0.39 is 9.84 Å². The van der Waals surface area contributed by atoms with Gasteiger partial charge in [-0.2, -0.15) is 4.98 Å². The van der Waals surface area contributed by atoms with E-state index in [1.54, 1.807) is 30.3 Å². The Labute approximate surface area is 271 Å². The van der Waals surface area contributed by atoms with Crippen molar-refractivity contribution in [3.63, 3.8) is 0 Å². The number of aryl methyl sites for hydroxylation is 1. The first-order chi connectivity index (χ1) is 22.0. The summed E-state index contributed by atoms with van der Waals surface area (Å²) >= 11 is 0. The van der Waals surface area contributed by atoms with Gasteiger partial charge in [-0.25, -0.2) is 17.8 Å². The van der Waals surface area contributed by atoms with E-state index in [-0.39, 0.29) is 35.1 Å². The van der Waals surface area contributed by atoms with Gasteiger partial charge in [-0.15, -0.1) is 0 Å². The minimum absolute atomic E-state index is 0.0741. The van der Waals surface area contributed by atoms with Crippen LogP contribution in [-0.4, -0.2) is 56.7 Å². The lowest BCUT2D eigenvalue weighted by Gasteiger charge is -2.30. The van der Waals surface area contributed by atoms with Gasteiger partial charge in [0, 0.05) is 38.0 Å². The molecule has 0 atom stereocenters. The van der Waals surface area contributed by atoms with Gasteiger partial charge in [-0.3, -0.25) is 4.79 Å². The van der Waals surface area contributed by atoms with Crippen LogP contribution in [0.4, 0.5) is 16.2 Å². The summed E-state index contributed by atoms with van der Waals surface area (Å²) in [6, 6.07) is 11.7. The molecule has 2 N–H and O–H groups in total. The number of amides is 1. The Balaban J connectivity index is 1.11. The number of carbonyl (C=O) groups excluding carboxylic acids is 1. The van der Waals surface area contributed by atoms with E-state index in [4.69, 9.17) is 9.97 Å². The second-order valence-electron chi connectivity index (χ2n) is 13.0. The highest BCUT2D eigenvalue weighted by Gasteiger charge is 2.28. The highest BCUT2D eigenvalue weighted by atomic mass is 32.2. The van der Waals surface area contributed by atoms with Crippen LogP contribution >= 0.6 is 0 Å². The predicted octanol–water partition coefficient (Wildman–Crippen LogP) is 6.22. The van der Waals surface area contributed by atoms with Crippen LogP contribution in [0, 0.1) is 5.82 Å². The zero-order chi connectivity index (χ0) is 32.6. The normalized spacial score (nSPS) is 20.3. The van der Waals surface area contributed by atoms with E-state index in [1.165, 1.54) is 30.4 Å². The molecule has 0 bridgehead atoms. The van der Waals surface area contributed by atoms with Crippen LogP contribution in [0.25, 0.3) is 17.2 Å². The average Bonchev–Trinajstić information content (AvgIpc) is 3.26. The van der Waals surface area contributed by atoms with Gasteiger partial charge in [0.2, 0.25) is 11.9 Å². The molecule has 3 aromatic rings. The second-order valence-corrected chi connectivity index (χ2v) is 15.0. The number of benzene rings is 2. The molecule has 1 amide bonds. The SMILES string of the molecule is CC1=C(CC(=O)NC2CCC(Nc3nc4c(c(N(C)C)n3)CCCC4)CC2)c2cc(F)ccc2C1=Cc1ccc(S(C)(=O)=O)cc1. The number of aromatic nitrogens is 2. The number of nitrogens with one attached hydrogen (secondary N) is 2. The molecule has 6 rings (SSSR count). The van der Waals surface area contributed by atoms with Crippen molar-refractivity contribution in [2.24, 2.45) is 0 Å². The summed E-state index contributed by atoms with van der Waals surface area (Å²) in [6.07, 6.45) is 11.2. The van der Waals surface area contributed by atoms with Crippen molar-refractivity contribution < 1.29 is 17.6 Å². The van der Waals surface area contributed by atoms with E-state index in [0.717, 1.165) is 89.9 Å². The zero-order valence-corrected chi connectivity index (χ0v) is 27.8. The van der Waals surface area contributed by atoms with Crippen LogP contribution in [0.1, 0.15) is 79.8 Å². The van der Waals surface area contributed by atoms with Crippen molar-refractivity contribution in [3.8, 4) is 0 Å². The molecule has 1 aromatic heterocycles. The van der Waals surface area contributed by atoms with Crippen molar-refractivity contribution in [2.45, 2.75) is 81.7 Å². The van der Waals surface area contributed by atoms with Gasteiger partial charge >= 0.3 is 0 Å². The summed E-state index contributed by atoms with van der Waals surface area (Å²) in [5, 5.41) is 6.81. The molecule has 1 heterocycles. The molecule has 1 saturated carbocycles. The number of carbonyl (C=O) groups is 1. The molecular weight excluding hydrogens is 601 g/mol. The number of nitrogens with zero attached hydrogens (tertiary/aromatic N) is 3. The minimum Gasteiger partial charge on any atom is -0.362 e. The van der Waals surface area contributed by atoms with Crippen LogP contribution in [0.2, 0.25) is 0 Å². The molecule has 0 unspecified atom stereocenters. The summed E-state index contributed by atoms with van der Waals surface area (Å²) in [5.74, 6) is 1.28. The molecule has 3 aliphatic rings. The smallest absolute Gasteiger partial charge is 0.225 e. The lowest BCUT2D eigenvalue weighted by molar-refractivity contribution is -0.121. The Hall–Kier alpha value is -4.05. The fourth-order valence-electron chi connectivity index (χ4n) is 6.97. The Morgan fingerprint density at radius 2 is 1.67 bits per heavy atom. The lowest BCUT2D eigenvalue weighted by atomic mass is 9.91. The van der Waals surface area contributed by atoms with E-state index in [2.05, 4.69) is 15.5 Å². The fourth-order valence-corrected chi connectivity index (χ4v) is 7.60. The molecule has 0 aliphatic heterocycles. The monoisotopic (exact) mass is 643 g/mol. The summed E-state index contributed by atoms with van der Waals surface area (Å²) < 4.78 is 38.2. The molecule has 10 heteroatoms. The highest BCUT2D eigenvalue weighted by molar-refractivity contribution is 7.90. The number of halogens is 1. The number of anilines is 2. The van der Waals surface area contributed by atoms with Crippen molar-refractivity contribution in [1.29, 1.82) is 0 Å². The van der Waals surface area contributed by atoms with Gasteiger partial charge in [0.05, 0.1) is 17.0 Å². The van der Waals surface area contributed by atoms with Crippen LogP contribution in [0.5, 0.6) is 0 Å². The number of fused-ring (bicyclic) bond motifs is 2. The lowest BCUT2D eigenvalue weighted by Crippen LogP contribution is -2.40. The van der Waals surface area contributed by atoms with Crippen LogP contribution < -0.4 is 15.5 Å². The molecule has 0 radical (unpaired) electrons. The summed E-state index contributed by atoms with van der Waals surface area (Å²) in [7, 11) is 0.769. The van der Waals surface area contributed by atoms with Gasteiger partial charge in [0.25, 0.3) is 0 Å². The molecule has 0 saturated heterocycles. The largest absolute Gasteiger partial charge is 0.362 e. The van der Waals surface area contributed by atoms with Gasteiger partial charge in [-0.1, -0.05) is 18.2 Å². The van der Waals surface area contributed by atoms with Crippen molar-refractivity contribution in [1.82, 2.24) is 15.3 Å². The standard InChI is InChI=1S/C36H42FN5O3S/c1-22-30(19-23-9-16-27(17-10-23)46(4,44)45)28-18-11-24(37)20-32(28)31(22)21-34(43)38-25-12-14-26(15-13-25)39-36-40-33-8-6-5-7-29(33)35(41-36)42(2)3/h9-11,16-20,25-26H,5-8,12-15,21H2,1-4H3,(H,38,43)(H,39,40,41). The topological polar surface area (TPSA) is 104 Å². The third kappa shape index (κ3) is 6.87. The molecule has 1 fully saturated rings. The second kappa shape index (κ2) is 13.0. The van der Waals surface area contributed by atoms with Gasteiger partial charge in [0.15, 0.2) is 9.84 Å². The molecule has 46 heavy (non-hydrogen) atoms. The first-order valence-electron chi connectivity index (χ1n) is 16.1. The van der Waals surface area contributed by atoms with E-state index in [9.17, 15) is 17.6 Å². The van der Waals surface area contributed by atoms with Crippen molar-refractivity contribution in [2.75, 3.05) is 30.6 Å². The van der Waals surface area contributed by atoms with E-state index in [0.29, 0.717) is 5.95 Å². The number of rotatable bonds is 8. The molecular formula is C36H42FN5O3S. The maximum absolute atomic E-state index is 14.4. The number of sulfone groups is 1. The molecule has 0 spiro atoms. The molecule has 242 valence electrons. The van der Waals surface area contributed by atoms with Gasteiger partial charge in [0.1, 0.15) is 11.6 Å². The number of allylic oxidation sites excluding steroid dienone is 2. The minimum atomic E-state index is -3.30. The quantitative estimate of drug-likeness (QED) is 0.300. The van der Waals surface area contributed by atoms with E-state index >= 15 is 0 Å². The first-order valence-corrected chi connectivity index (χ1v) is 18.0. The maximum atomic E-state index is 14.4. The molecule has 3 aliphatic carbocycles. The average molecular weight is 644 g/mol. The van der Waals surface area contributed by atoms with Crippen molar-refractivity contribution in [3.05, 3.63) is 81.8 Å². The zero-order valence-electron chi connectivity index (χ0n) is 27.0. The summed E-state index contributed by atoms with van der Waals surface area (Å²) in [6.45, 7) is 1.96. The first kappa shape index (κ1) is 31.9. The van der Waals surface area contributed by atoms with E-state index in [1.807, 2.05) is 27.1 Å². The number of hydrogen-bond acceptors (Lipinski definition) is 7.